The van der Waals surface area contributed by atoms with Gasteiger partial charge in [-0.1, -0.05) is 32.0 Å². The molecule has 0 heterocycles. The zero-order valence-corrected chi connectivity index (χ0v) is 19.3. The van der Waals surface area contributed by atoms with Gasteiger partial charge in [0.25, 0.3) is 10.1 Å². The summed E-state index contributed by atoms with van der Waals surface area (Å²) in [6.07, 6.45) is -0.129. The number of aliphatic carboxylic acids is 1. The van der Waals surface area contributed by atoms with Gasteiger partial charge in [-0.2, -0.15) is 8.42 Å². The minimum Gasteiger partial charge on any atom is -0.479 e. The zero-order valence-electron chi connectivity index (χ0n) is 18.5. The van der Waals surface area contributed by atoms with E-state index in [9.17, 15) is 33.0 Å². The Bertz CT molecular complexity index is 884. The quantitative estimate of drug-likeness (QED) is 0.206. The Balaban J connectivity index is 2.62. The van der Waals surface area contributed by atoms with Crippen LogP contribution in [0, 0.1) is 5.41 Å². The molecule has 1 amide bonds. The first-order valence-electron chi connectivity index (χ1n) is 10.1. The van der Waals surface area contributed by atoms with Crippen LogP contribution in [0.4, 0.5) is 0 Å². The fraction of sp³-hybridized carbons (Fsp3) is 0.571. The maximum absolute atomic E-state index is 12.1. The molecule has 0 fully saturated rings. The third-order valence-corrected chi connectivity index (χ3v) is 6.21. The van der Waals surface area contributed by atoms with E-state index in [1.165, 1.54) is 20.8 Å². The van der Waals surface area contributed by atoms with E-state index < -0.39 is 39.7 Å². The summed E-state index contributed by atoms with van der Waals surface area (Å²) in [5, 5.41) is 22.9. The van der Waals surface area contributed by atoms with Gasteiger partial charge in [-0.25, -0.2) is 9.59 Å². The molecule has 0 aliphatic carbocycles. The van der Waals surface area contributed by atoms with Gasteiger partial charge in [0.1, 0.15) is 0 Å². The standard InChI is InChI=1S/C21H31NO9S/c1-16(23)22-12-8-14-32(28,29)31-15-20(2,3)21(27,19(25)26)11-7-13-30-18(24)17-9-5-4-6-10-17/h4-6,9-10,27H,7-8,11-15H2,1-3H3,(H,22,23)(H,25,26)/t21-/m0/s1. The van der Waals surface area contributed by atoms with Crippen molar-refractivity contribution in [1.82, 2.24) is 5.32 Å². The van der Waals surface area contributed by atoms with E-state index in [1.54, 1.807) is 30.3 Å². The number of hydrogen-bond donors (Lipinski definition) is 3. The number of carbonyl (C=O) groups is 3. The second-order valence-electron chi connectivity index (χ2n) is 8.02. The first-order valence-corrected chi connectivity index (χ1v) is 11.7. The van der Waals surface area contributed by atoms with Crippen LogP contribution in [0.5, 0.6) is 0 Å². The van der Waals surface area contributed by atoms with Gasteiger partial charge in [-0.3, -0.25) is 8.98 Å². The molecule has 180 valence electrons. The second kappa shape index (κ2) is 11.9. The molecule has 0 aliphatic heterocycles. The number of carboxylic acids is 1. The maximum atomic E-state index is 12.1. The van der Waals surface area contributed by atoms with Crippen molar-refractivity contribution in [2.45, 2.75) is 45.6 Å². The molecular weight excluding hydrogens is 442 g/mol. The third kappa shape index (κ3) is 8.56. The average Bonchev–Trinajstić information content (AvgIpc) is 2.73. The highest BCUT2D eigenvalue weighted by Gasteiger charge is 2.50. The normalized spacial score (nSPS) is 13.8. The lowest BCUT2D eigenvalue weighted by molar-refractivity contribution is -0.177. The van der Waals surface area contributed by atoms with Crippen LogP contribution in [0.25, 0.3) is 0 Å². The molecule has 0 bridgehead atoms. The van der Waals surface area contributed by atoms with Crippen molar-refractivity contribution in [3.63, 3.8) is 0 Å². The molecule has 3 N–H and O–H groups in total. The number of carbonyl (C=O) groups excluding carboxylic acids is 2. The number of nitrogens with one attached hydrogen (secondary N) is 1. The number of carboxylic acid groups (broad SMARTS) is 1. The van der Waals surface area contributed by atoms with Gasteiger partial charge in [-0.15, -0.1) is 0 Å². The predicted molar refractivity (Wildman–Crippen MR) is 115 cm³/mol. The molecule has 1 atom stereocenters. The van der Waals surface area contributed by atoms with E-state index in [0.29, 0.717) is 5.56 Å². The van der Waals surface area contributed by atoms with Crippen molar-refractivity contribution in [3.8, 4) is 0 Å². The fourth-order valence-electron chi connectivity index (χ4n) is 2.81. The molecule has 10 nitrogen and oxygen atoms in total. The van der Waals surface area contributed by atoms with Gasteiger partial charge < -0.3 is 20.3 Å². The lowest BCUT2D eigenvalue weighted by atomic mass is 9.73. The monoisotopic (exact) mass is 473 g/mol. The van der Waals surface area contributed by atoms with Crippen LogP contribution in [0.1, 0.15) is 50.4 Å². The number of ether oxygens (including phenoxy) is 1. The van der Waals surface area contributed by atoms with Gasteiger partial charge in [0.2, 0.25) is 5.91 Å². The lowest BCUT2D eigenvalue weighted by Crippen LogP contribution is -2.54. The second-order valence-corrected chi connectivity index (χ2v) is 9.77. The molecule has 0 aromatic heterocycles. The van der Waals surface area contributed by atoms with E-state index >= 15 is 0 Å². The number of hydrogen-bond acceptors (Lipinski definition) is 8. The maximum Gasteiger partial charge on any atom is 0.338 e. The van der Waals surface area contributed by atoms with Crippen molar-refractivity contribution >= 4 is 28.0 Å². The van der Waals surface area contributed by atoms with E-state index in [4.69, 9.17) is 8.92 Å². The smallest absolute Gasteiger partial charge is 0.338 e. The molecular formula is C21H31NO9S. The summed E-state index contributed by atoms with van der Waals surface area (Å²) in [5.41, 5.74) is -3.45. The Morgan fingerprint density at radius 2 is 1.72 bits per heavy atom. The highest BCUT2D eigenvalue weighted by Crippen LogP contribution is 2.36. The summed E-state index contributed by atoms with van der Waals surface area (Å²) in [6.45, 7) is 3.53. The van der Waals surface area contributed by atoms with Crippen LogP contribution >= 0.6 is 0 Å². The number of benzene rings is 1. The van der Waals surface area contributed by atoms with Gasteiger partial charge in [-0.05, 0) is 31.4 Å². The van der Waals surface area contributed by atoms with Crippen molar-refractivity contribution in [2.24, 2.45) is 5.41 Å². The molecule has 0 saturated carbocycles. The number of rotatable bonds is 14. The Kier molecular flexibility index (Phi) is 10.3. The number of aliphatic hydroxyl groups is 1. The summed E-state index contributed by atoms with van der Waals surface area (Å²) >= 11 is 0. The van der Waals surface area contributed by atoms with Crippen molar-refractivity contribution < 1.29 is 41.9 Å². The van der Waals surface area contributed by atoms with Crippen LogP contribution in [-0.4, -0.2) is 67.6 Å². The van der Waals surface area contributed by atoms with Gasteiger partial charge in [0.05, 0.1) is 24.5 Å². The molecule has 32 heavy (non-hydrogen) atoms. The molecule has 0 unspecified atom stereocenters. The van der Waals surface area contributed by atoms with Crippen molar-refractivity contribution in [2.75, 3.05) is 25.5 Å². The highest BCUT2D eigenvalue weighted by molar-refractivity contribution is 7.86. The number of amides is 1. The van der Waals surface area contributed by atoms with Gasteiger partial charge >= 0.3 is 11.9 Å². The minimum atomic E-state index is -3.99. The summed E-state index contributed by atoms with van der Waals surface area (Å²) in [4.78, 5) is 34.6. The molecule has 1 rings (SSSR count). The summed E-state index contributed by atoms with van der Waals surface area (Å²) in [6, 6.07) is 8.25. The molecule has 1 aromatic carbocycles. The zero-order chi connectivity index (χ0) is 24.4. The summed E-state index contributed by atoms with van der Waals surface area (Å²) < 4.78 is 34.2. The molecule has 0 radical (unpaired) electrons. The molecule has 0 aliphatic rings. The van der Waals surface area contributed by atoms with Crippen molar-refractivity contribution in [1.29, 1.82) is 0 Å². The van der Waals surface area contributed by atoms with Crippen LogP contribution in [-0.2, 0) is 28.6 Å². The van der Waals surface area contributed by atoms with Gasteiger partial charge in [0, 0.05) is 18.9 Å². The first kappa shape index (κ1) is 27.5. The fourth-order valence-corrected chi connectivity index (χ4v) is 3.90. The van der Waals surface area contributed by atoms with Crippen LogP contribution in [0.15, 0.2) is 30.3 Å². The summed E-state index contributed by atoms with van der Waals surface area (Å²) in [5.74, 6) is -2.77. The molecule has 11 heteroatoms. The molecule has 0 spiro atoms. The Morgan fingerprint density at radius 3 is 2.28 bits per heavy atom. The first-order chi connectivity index (χ1) is 14.8. The van der Waals surface area contributed by atoms with Crippen LogP contribution in [0.2, 0.25) is 0 Å². The lowest BCUT2D eigenvalue weighted by Gasteiger charge is -2.38. The average molecular weight is 474 g/mol. The van der Waals surface area contributed by atoms with E-state index in [-0.39, 0.29) is 44.1 Å². The molecule has 1 aromatic rings. The Labute approximate surface area is 188 Å². The predicted octanol–water partition coefficient (Wildman–Crippen LogP) is 1.34. The van der Waals surface area contributed by atoms with E-state index in [2.05, 4.69) is 5.32 Å². The molecule has 0 saturated heterocycles. The summed E-state index contributed by atoms with van der Waals surface area (Å²) in [7, 11) is -3.99. The third-order valence-electron chi connectivity index (χ3n) is 4.94. The largest absolute Gasteiger partial charge is 0.479 e. The van der Waals surface area contributed by atoms with Gasteiger partial charge in [0.15, 0.2) is 5.60 Å². The SMILES string of the molecule is CC(=O)NCCCS(=O)(=O)OCC(C)(C)[C@](O)(CCCOC(=O)c1ccccc1)C(=O)O. The van der Waals surface area contributed by atoms with E-state index in [1.807, 2.05) is 0 Å². The van der Waals surface area contributed by atoms with Crippen LogP contribution in [0.3, 0.4) is 0 Å². The Morgan fingerprint density at radius 1 is 1.09 bits per heavy atom. The highest BCUT2D eigenvalue weighted by atomic mass is 32.2. The van der Waals surface area contributed by atoms with Crippen LogP contribution < -0.4 is 5.32 Å². The number of esters is 1. The topological polar surface area (TPSA) is 156 Å². The van der Waals surface area contributed by atoms with Crippen molar-refractivity contribution in [3.05, 3.63) is 35.9 Å². The van der Waals surface area contributed by atoms with E-state index in [0.717, 1.165) is 0 Å². The minimum absolute atomic E-state index is 0.0360. The Hall–Kier alpha value is -2.50.